The van der Waals surface area contributed by atoms with Crippen LogP contribution in [0, 0.1) is 0 Å². The van der Waals surface area contributed by atoms with Gasteiger partial charge in [-0.2, -0.15) is 23.1 Å². The van der Waals surface area contributed by atoms with Gasteiger partial charge in [0, 0.05) is 17.7 Å². The zero-order chi connectivity index (χ0) is 18.0. The predicted octanol–water partition coefficient (Wildman–Crippen LogP) is 3.90. The molecule has 0 radical (unpaired) electrons. The number of ether oxygens (including phenoxy) is 1. The van der Waals surface area contributed by atoms with Crippen molar-refractivity contribution < 1.29 is 27.0 Å². The lowest BCUT2D eigenvalue weighted by atomic mass is 10.1. The molecule has 1 aromatic carbocycles. The molecule has 25 heavy (non-hydrogen) atoms. The van der Waals surface area contributed by atoms with E-state index in [4.69, 9.17) is 9.26 Å². The van der Waals surface area contributed by atoms with Crippen molar-refractivity contribution in [3.8, 4) is 22.8 Å². The Kier molecular flexibility index (Phi) is 4.53. The molecule has 0 fully saturated rings. The van der Waals surface area contributed by atoms with Gasteiger partial charge in [0.25, 0.3) is 5.89 Å². The molecule has 2 aromatic heterocycles. The molecule has 132 valence electrons. The Morgan fingerprint density at radius 3 is 2.32 bits per heavy atom. The van der Waals surface area contributed by atoms with E-state index >= 15 is 0 Å². The van der Waals surface area contributed by atoms with Gasteiger partial charge >= 0.3 is 12.1 Å². The molecule has 10 heteroatoms. The van der Waals surface area contributed by atoms with Gasteiger partial charge in [-0.3, -0.25) is 0 Å². The zero-order valence-electron chi connectivity index (χ0n) is 13.2. The lowest BCUT2D eigenvalue weighted by Gasteiger charge is -2.04. The molecule has 1 unspecified atom stereocenters. The molecule has 0 N–H and O–H groups in total. The van der Waals surface area contributed by atoms with Crippen molar-refractivity contribution in [2.75, 3.05) is 6.61 Å². The molecule has 0 spiro atoms. The lowest BCUT2D eigenvalue weighted by molar-refractivity contribution is -0.159. The van der Waals surface area contributed by atoms with Crippen LogP contribution in [0.25, 0.3) is 22.8 Å². The molecule has 0 amide bonds. The Morgan fingerprint density at radius 2 is 1.72 bits per heavy atom. The SMILES string of the molecule is CCOC(C)c1noc(-c2ccc(-c3noc(C(F)(F)F)n3)cc2)n1. The molecule has 0 saturated heterocycles. The van der Waals surface area contributed by atoms with Gasteiger partial charge in [-0.25, -0.2) is 0 Å². The zero-order valence-corrected chi connectivity index (χ0v) is 13.2. The number of nitrogens with zero attached hydrogens (tertiary/aromatic N) is 4. The molecule has 0 aliphatic rings. The third kappa shape index (κ3) is 3.68. The maximum Gasteiger partial charge on any atom is 0.471 e. The monoisotopic (exact) mass is 354 g/mol. The Hall–Kier alpha value is -2.75. The van der Waals surface area contributed by atoms with Gasteiger partial charge in [0.1, 0.15) is 6.10 Å². The molecule has 0 aliphatic heterocycles. The summed E-state index contributed by atoms with van der Waals surface area (Å²) in [5.41, 5.74) is 0.969. The van der Waals surface area contributed by atoms with Crippen molar-refractivity contribution in [3.63, 3.8) is 0 Å². The second-order valence-corrected chi connectivity index (χ2v) is 5.05. The highest BCUT2D eigenvalue weighted by molar-refractivity contribution is 5.62. The van der Waals surface area contributed by atoms with Gasteiger partial charge in [0.05, 0.1) is 0 Å². The number of benzene rings is 1. The molecule has 1 atom stereocenters. The fourth-order valence-corrected chi connectivity index (χ4v) is 2.06. The minimum Gasteiger partial charge on any atom is -0.371 e. The third-order valence-electron chi connectivity index (χ3n) is 3.28. The van der Waals surface area contributed by atoms with E-state index in [2.05, 4.69) is 24.8 Å². The maximum atomic E-state index is 12.5. The molecule has 0 bridgehead atoms. The maximum absolute atomic E-state index is 12.5. The van der Waals surface area contributed by atoms with E-state index in [1.165, 1.54) is 12.1 Å². The number of alkyl halides is 3. The number of hydrogen-bond donors (Lipinski definition) is 0. The highest BCUT2D eigenvalue weighted by Crippen LogP contribution is 2.30. The van der Waals surface area contributed by atoms with Crippen LogP contribution in [0.2, 0.25) is 0 Å². The number of aromatic nitrogens is 4. The molecule has 3 aromatic rings. The summed E-state index contributed by atoms with van der Waals surface area (Å²) in [6.07, 6.45) is -4.98. The normalized spacial score (nSPS) is 13.2. The number of hydrogen-bond acceptors (Lipinski definition) is 7. The average molecular weight is 354 g/mol. The van der Waals surface area contributed by atoms with Crippen LogP contribution in [0.15, 0.2) is 33.3 Å². The van der Waals surface area contributed by atoms with E-state index in [1.54, 1.807) is 19.1 Å². The fourth-order valence-electron chi connectivity index (χ4n) is 2.06. The van der Waals surface area contributed by atoms with Crippen molar-refractivity contribution in [1.29, 1.82) is 0 Å². The van der Waals surface area contributed by atoms with Gasteiger partial charge in [-0.15, -0.1) is 0 Å². The van der Waals surface area contributed by atoms with Gasteiger partial charge in [-0.1, -0.05) is 22.4 Å². The Labute approximate surface area is 139 Å². The summed E-state index contributed by atoms with van der Waals surface area (Å²) < 4.78 is 52.2. The summed E-state index contributed by atoms with van der Waals surface area (Å²) >= 11 is 0. The first kappa shape index (κ1) is 17.1. The van der Waals surface area contributed by atoms with E-state index in [0.717, 1.165) is 0 Å². The van der Waals surface area contributed by atoms with Crippen LogP contribution < -0.4 is 0 Å². The Morgan fingerprint density at radius 1 is 1.04 bits per heavy atom. The van der Waals surface area contributed by atoms with Crippen molar-refractivity contribution >= 4 is 0 Å². The molecular formula is C15H13F3N4O3. The minimum atomic E-state index is -4.68. The van der Waals surface area contributed by atoms with Crippen LogP contribution in [0.5, 0.6) is 0 Å². The first-order valence-corrected chi connectivity index (χ1v) is 7.35. The summed E-state index contributed by atoms with van der Waals surface area (Å²) in [5, 5.41) is 7.18. The van der Waals surface area contributed by atoms with Crippen molar-refractivity contribution in [2.24, 2.45) is 0 Å². The van der Waals surface area contributed by atoms with Crippen LogP contribution in [-0.4, -0.2) is 26.9 Å². The Balaban J connectivity index is 1.80. The van der Waals surface area contributed by atoms with Crippen LogP contribution >= 0.6 is 0 Å². The van der Waals surface area contributed by atoms with E-state index < -0.39 is 12.1 Å². The van der Waals surface area contributed by atoms with Crippen molar-refractivity contribution in [2.45, 2.75) is 26.1 Å². The molecular weight excluding hydrogens is 341 g/mol. The fraction of sp³-hybridized carbons (Fsp3) is 0.333. The standard InChI is InChI=1S/C15H13F3N4O3/c1-3-23-8(2)11-19-13(24-21-11)10-6-4-9(5-7-10)12-20-14(25-22-12)15(16,17)18/h4-8H,3H2,1-2H3. The number of rotatable bonds is 5. The predicted molar refractivity (Wildman–Crippen MR) is 78.1 cm³/mol. The largest absolute Gasteiger partial charge is 0.471 e. The highest BCUT2D eigenvalue weighted by Gasteiger charge is 2.38. The van der Waals surface area contributed by atoms with Crippen LogP contribution in [0.3, 0.4) is 0 Å². The third-order valence-corrected chi connectivity index (χ3v) is 3.28. The quantitative estimate of drug-likeness (QED) is 0.686. The topological polar surface area (TPSA) is 87.1 Å². The molecule has 3 rings (SSSR count). The van der Waals surface area contributed by atoms with E-state index in [0.29, 0.717) is 23.6 Å². The molecule has 2 heterocycles. The smallest absolute Gasteiger partial charge is 0.371 e. The first-order chi connectivity index (χ1) is 11.9. The highest BCUT2D eigenvalue weighted by atomic mass is 19.4. The van der Waals surface area contributed by atoms with Crippen LogP contribution in [0.4, 0.5) is 13.2 Å². The lowest BCUT2D eigenvalue weighted by Crippen LogP contribution is -2.04. The van der Waals surface area contributed by atoms with E-state index in [1.807, 2.05) is 6.92 Å². The summed E-state index contributed by atoms with van der Waals surface area (Å²) in [5.74, 6) is -0.862. The van der Waals surface area contributed by atoms with Gasteiger partial charge in [0.15, 0.2) is 0 Å². The summed E-state index contributed by atoms with van der Waals surface area (Å²) in [6, 6.07) is 6.30. The van der Waals surface area contributed by atoms with Crippen LogP contribution in [0.1, 0.15) is 31.7 Å². The first-order valence-electron chi connectivity index (χ1n) is 7.35. The van der Waals surface area contributed by atoms with Crippen molar-refractivity contribution in [3.05, 3.63) is 36.0 Å². The summed E-state index contributed by atoms with van der Waals surface area (Å²) in [6.45, 7) is 4.18. The molecule has 0 aliphatic carbocycles. The summed E-state index contributed by atoms with van der Waals surface area (Å²) in [4.78, 5) is 7.57. The average Bonchev–Trinajstić information content (AvgIpc) is 3.25. The van der Waals surface area contributed by atoms with Gasteiger partial charge in [0.2, 0.25) is 11.6 Å². The Bertz CT molecular complexity index is 842. The van der Waals surface area contributed by atoms with Gasteiger partial charge in [-0.05, 0) is 26.0 Å². The van der Waals surface area contributed by atoms with Gasteiger partial charge < -0.3 is 13.8 Å². The summed E-state index contributed by atoms with van der Waals surface area (Å²) in [7, 11) is 0. The van der Waals surface area contributed by atoms with Crippen molar-refractivity contribution in [1.82, 2.24) is 20.3 Å². The molecule has 7 nitrogen and oxygen atoms in total. The number of halogens is 3. The van der Waals surface area contributed by atoms with E-state index in [9.17, 15) is 13.2 Å². The minimum absolute atomic E-state index is 0.157. The molecule has 0 saturated carbocycles. The van der Waals surface area contributed by atoms with Crippen LogP contribution in [-0.2, 0) is 10.9 Å². The van der Waals surface area contributed by atoms with E-state index in [-0.39, 0.29) is 17.8 Å². The second kappa shape index (κ2) is 6.63. The second-order valence-electron chi connectivity index (χ2n) is 5.05.